The second kappa shape index (κ2) is 10.2. The molecule has 9 heteroatoms. The molecule has 37 heavy (non-hydrogen) atoms. The Morgan fingerprint density at radius 3 is 2.11 bits per heavy atom. The van der Waals surface area contributed by atoms with Crippen LogP contribution in [-0.2, 0) is 24.4 Å². The first-order valence-electron chi connectivity index (χ1n) is 12.4. The summed E-state index contributed by atoms with van der Waals surface area (Å²) in [6, 6.07) is 9.88. The lowest BCUT2D eigenvalue weighted by Crippen LogP contribution is -2.30. The first-order chi connectivity index (χ1) is 17.7. The summed E-state index contributed by atoms with van der Waals surface area (Å²) < 4.78 is 44.2. The van der Waals surface area contributed by atoms with E-state index in [-0.39, 0.29) is 34.6 Å². The van der Waals surface area contributed by atoms with Crippen LogP contribution >= 0.6 is 22.6 Å². The molecule has 194 valence electrons. The van der Waals surface area contributed by atoms with Gasteiger partial charge in [0.1, 0.15) is 16.4 Å². The summed E-state index contributed by atoms with van der Waals surface area (Å²) in [7, 11) is -4.12. The summed E-state index contributed by atoms with van der Waals surface area (Å²) in [5, 5.41) is 0. The van der Waals surface area contributed by atoms with Gasteiger partial charge in [0, 0.05) is 42.7 Å². The third kappa shape index (κ3) is 4.95. The van der Waals surface area contributed by atoms with Crippen molar-refractivity contribution in [3.63, 3.8) is 0 Å². The molecule has 0 radical (unpaired) electrons. The minimum absolute atomic E-state index is 0.0218. The molecular formula is C28H27IO7S. The number of carbonyl (C=O) groups is 2. The second-order valence-electron chi connectivity index (χ2n) is 9.38. The molecule has 5 rings (SSSR count). The summed E-state index contributed by atoms with van der Waals surface area (Å²) in [5.74, 6) is 0.983. The minimum Gasteiger partial charge on any atom is -0.490 e. The van der Waals surface area contributed by atoms with E-state index in [4.69, 9.17) is 13.7 Å². The number of ether oxygens (including phenoxy) is 2. The number of Topliss-reactive ketones (excluding diaryl/α,β-unsaturated/α-hetero) is 2. The summed E-state index contributed by atoms with van der Waals surface area (Å²) in [5.41, 5.74) is 2.67. The number of allylic oxidation sites excluding steroid dienone is 4. The Labute approximate surface area is 230 Å². The third-order valence-electron chi connectivity index (χ3n) is 6.81. The smallest absolute Gasteiger partial charge is 0.339 e. The average Bonchev–Trinajstić information content (AvgIpc) is 2.85. The maximum Gasteiger partial charge on any atom is 0.339 e. The lowest BCUT2D eigenvalue weighted by atomic mass is 9.73. The lowest BCUT2D eigenvalue weighted by Gasteiger charge is -2.36. The maximum absolute atomic E-state index is 13.1. The molecule has 2 aromatic carbocycles. The van der Waals surface area contributed by atoms with E-state index in [1.807, 2.05) is 29.5 Å². The van der Waals surface area contributed by atoms with Crippen molar-refractivity contribution in [2.45, 2.75) is 63.2 Å². The van der Waals surface area contributed by atoms with Crippen molar-refractivity contribution in [3.8, 4) is 11.5 Å². The molecule has 0 unspecified atom stereocenters. The average molecular weight is 634 g/mol. The van der Waals surface area contributed by atoms with Gasteiger partial charge in [-0.25, -0.2) is 0 Å². The standard InChI is InChI=1S/C28H27IO7S/c1-3-34-24-15-17(14-19(29)28(24)36-37(32,33)18-12-10-16(2)11-13-18)25-26-20(30)6-4-8-22(26)35-23-9-5-7-21(31)27(23)25/h10-15,25H,3-9H2,1-2H3. The van der Waals surface area contributed by atoms with Gasteiger partial charge in [-0.2, -0.15) is 8.42 Å². The first kappa shape index (κ1) is 26.0. The highest BCUT2D eigenvalue weighted by atomic mass is 127. The number of rotatable bonds is 6. The van der Waals surface area contributed by atoms with Gasteiger partial charge in [0.2, 0.25) is 0 Å². The highest BCUT2D eigenvalue weighted by molar-refractivity contribution is 14.1. The molecule has 0 fully saturated rings. The van der Waals surface area contributed by atoms with Crippen molar-refractivity contribution < 1.29 is 31.7 Å². The molecule has 0 N–H and O–H groups in total. The van der Waals surface area contributed by atoms with Gasteiger partial charge in [0.15, 0.2) is 23.1 Å². The van der Waals surface area contributed by atoms with Gasteiger partial charge in [-0.1, -0.05) is 17.7 Å². The van der Waals surface area contributed by atoms with Gasteiger partial charge in [-0.3, -0.25) is 9.59 Å². The van der Waals surface area contributed by atoms with Crippen LogP contribution in [0, 0.1) is 10.5 Å². The third-order valence-corrected chi connectivity index (χ3v) is 8.85. The van der Waals surface area contributed by atoms with Crippen molar-refractivity contribution in [2.75, 3.05) is 6.61 Å². The van der Waals surface area contributed by atoms with E-state index in [2.05, 4.69) is 0 Å². The van der Waals surface area contributed by atoms with Crippen LogP contribution in [0.4, 0.5) is 0 Å². The Kier molecular flexibility index (Phi) is 7.19. The fourth-order valence-corrected chi connectivity index (χ4v) is 6.95. The fourth-order valence-electron chi connectivity index (χ4n) is 5.11. The van der Waals surface area contributed by atoms with Crippen LogP contribution in [0.1, 0.15) is 62.5 Å². The number of benzene rings is 2. The minimum atomic E-state index is -4.12. The summed E-state index contributed by atoms with van der Waals surface area (Å²) in [4.78, 5) is 26.3. The molecule has 1 aliphatic heterocycles. The van der Waals surface area contributed by atoms with Crippen LogP contribution in [0.3, 0.4) is 0 Å². The van der Waals surface area contributed by atoms with Gasteiger partial charge >= 0.3 is 10.1 Å². The summed E-state index contributed by atoms with van der Waals surface area (Å²) in [6.07, 6.45) is 3.53. The van der Waals surface area contributed by atoms with Crippen LogP contribution in [0.5, 0.6) is 11.5 Å². The van der Waals surface area contributed by atoms with E-state index < -0.39 is 16.0 Å². The first-order valence-corrected chi connectivity index (χ1v) is 14.9. The van der Waals surface area contributed by atoms with Crippen LogP contribution in [0.15, 0.2) is 64.0 Å². The topological polar surface area (TPSA) is 96.0 Å². The molecule has 2 aliphatic carbocycles. The van der Waals surface area contributed by atoms with E-state index in [0.29, 0.717) is 70.3 Å². The van der Waals surface area contributed by atoms with Crippen molar-refractivity contribution in [1.29, 1.82) is 0 Å². The quantitative estimate of drug-likeness (QED) is 0.289. The predicted octanol–water partition coefficient (Wildman–Crippen LogP) is 5.89. The Balaban J connectivity index is 1.62. The molecule has 0 saturated carbocycles. The Morgan fingerprint density at radius 1 is 0.946 bits per heavy atom. The van der Waals surface area contributed by atoms with Crippen molar-refractivity contribution in [1.82, 2.24) is 0 Å². The van der Waals surface area contributed by atoms with E-state index in [0.717, 1.165) is 5.56 Å². The SMILES string of the molecule is CCOc1cc(C2C3=C(CCCC3=O)OC3=C2C(=O)CCC3)cc(I)c1OS(=O)(=O)c1ccc(C)cc1. The molecule has 0 aromatic heterocycles. The number of carbonyl (C=O) groups excluding carboxylic acids is 2. The normalized spacial score (nSPS) is 18.4. The number of halogens is 1. The van der Waals surface area contributed by atoms with Gasteiger partial charge in [-0.15, -0.1) is 0 Å². The monoisotopic (exact) mass is 634 g/mol. The highest BCUT2D eigenvalue weighted by Gasteiger charge is 2.42. The van der Waals surface area contributed by atoms with Crippen molar-refractivity contribution in [3.05, 3.63) is 73.8 Å². The van der Waals surface area contributed by atoms with Crippen molar-refractivity contribution >= 4 is 44.3 Å². The molecule has 0 amide bonds. The lowest BCUT2D eigenvalue weighted by molar-refractivity contribution is -0.117. The number of hydrogen-bond acceptors (Lipinski definition) is 7. The summed E-state index contributed by atoms with van der Waals surface area (Å²) >= 11 is 2.02. The number of ketones is 2. The molecule has 7 nitrogen and oxygen atoms in total. The van der Waals surface area contributed by atoms with E-state index in [1.165, 1.54) is 12.1 Å². The number of hydrogen-bond donors (Lipinski definition) is 0. The molecule has 1 heterocycles. The molecule has 0 spiro atoms. The zero-order valence-corrected chi connectivity index (χ0v) is 23.6. The Bertz CT molecular complexity index is 1410. The molecule has 0 bridgehead atoms. The molecular weight excluding hydrogens is 607 g/mol. The zero-order valence-electron chi connectivity index (χ0n) is 20.6. The second-order valence-corrected chi connectivity index (χ2v) is 12.1. The maximum atomic E-state index is 13.1. The van der Waals surface area contributed by atoms with Crippen LogP contribution in [-0.4, -0.2) is 26.6 Å². The van der Waals surface area contributed by atoms with E-state index in [1.54, 1.807) is 31.2 Å². The predicted molar refractivity (Wildman–Crippen MR) is 145 cm³/mol. The van der Waals surface area contributed by atoms with Crippen LogP contribution in [0.25, 0.3) is 0 Å². The largest absolute Gasteiger partial charge is 0.490 e. The Hall–Kier alpha value is -2.66. The number of aryl methyl sites for hydroxylation is 1. The molecule has 2 aromatic rings. The summed E-state index contributed by atoms with van der Waals surface area (Å²) in [6.45, 7) is 3.94. The fraction of sp³-hybridized carbons (Fsp3) is 0.357. The molecule has 3 aliphatic rings. The van der Waals surface area contributed by atoms with Crippen molar-refractivity contribution in [2.24, 2.45) is 0 Å². The zero-order chi connectivity index (χ0) is 26.3. The molecule has 0 atom stereocenters. The van der Waals surface area contributed by atoms with Gasteiger partial charge in [0.05, 0.1) is 10.2 Å². The van der Waals surface area contributed by atoms with Gasteiger partial charge in [0.25, 0.3) is 0 Å². The van der Waals surface area contributed by atoms with E-state index >= 15 is 0 Å². The van der Waals surface area contributed by atoms with E-state index in [9.17, 15) is 18.0 Å². The molecule has 0 saturated heterocycles. The highest BCUT2D eigenvalue weighted by Crippen LogP contribution is 2.49. The van der Waals surface area contributed by atoms with Gasteiger partial charge in [-0.05, 0) is 79.1 Å². The van der Waals surface area contributed by atoms with Crippen LogP contribution in [0.2, 0.25) is 0 Å². The Morgan fingerprint density at radius 2 is 1.54 bits per heavy atom. The van der Waals surface area contributed by atoms with Gasteiger partial charge < -0.3 is 13.7 Å². The van der Waals surface area contributed by atoms with Crippen LogP contribution < -0.4 is 8.92 Å².